The number of methoxy groups -OCH3 is 1. The van der Waals surface area contributed by atoms with Gasteiger partial charge in [0.25, 0.3) is 0 Å². The zero-order valence-corrected chi connectivity index (χ0v) is 13.9. The predicted octanol–water partition coefficient (Wildman–Crippen LogP) is 4.12. The predicted molar refractivity (Wildman–Crippen MR) is 89.9 cm³/mol. The molecule has 0 atom stereocenters. The second-order valence-electron chi connectivity index (χ2n) is 5.70. The molecule has 136 valence electrons. The molecule has 7 heteroatoms. The highest BCUT2D eigenvalue weighted by atomic mass is 19.4. The van der Waals surface area contributed by atoms with Gasteiger partial charge in [0.2, 0.25) is 0 Å². The molecule has 26 heavy (non-hydrogen) atoms. The van der Waals surface area contributed by atoms with Crippen LogP contribution in [0.25, 0.3) is 10.9 Å². The van der Waals surface area contributed by atoms with Crippen molar-refractivity contribution in [1.82, 2.24) is 4.73 Å². The Bertz CT molecular complexity index is 917. The number of alkyl halides is 3. The molecule has 2 aromatic carbocycles. The number of hydrogen-bond donors (Lipinski definition) is 0. The zero-order chi connectivity index (χ0) is 18.7. The van der Waals surface area contributed by atoms with Gasteiger partial charge in [-0.25, -0.2) is 4.79 Å². The van der Waals surface area contributed by atoms with Gasteiger partial charge in [0.15, 0.2) is 0 Å². The summed E-state index contributed by atoms with van der Waals surface area (Å²) in [6.45, 7) is 0.335. The molecule has 0 saturated heterocycles. The van der Waals surface area contributed by atoms with Crippen molar-refractivity contribution < 1.29 is 27.5 Å². The van der Waals surface area contributed by atoms with Crippen molar-refractivity contribution in [3.8, 4) is 0 Å². The number of fused-ring (bicyclic) bond motifs is 1. The first-order valence-electron chi connectivity index (χ1n) is 7.88. The third-order valence-electron chi connectivity index (χ3n) is 3.95. The van der Waals surface area contributed by atoms with Gasteiger partial charge in [-0.15, -0.1) is 0 Å². The summed E-state index contributed by atoms with van der Waals surface area (Å²) in [5.74, 6) is -0.597. The molecule has 3 aromatic rings. The van der Waals surface area contributed by atoms with Crippen molar-refractivity contribution in [3.63, 3.8) is 0 Å². The highest BCUT2D eigenvalue weighted by Gasteiger charge is 2.31. The Kier molecular flexibility index (Phi) is 4.99. The standard InChI is InChI=1S/C19H16F3NO3/c1-25-10-9-14-12-23(26-18(24)13-5-3-2-4-6-13)17-8-7-15(11-16(14)17)19(20,21)22/h2-8,11-12H,9-10H2,1H3. The average Bonchev–Trinajstić information content (AvgIpc) is 2.97. The third kappa shape index (κ3) is 3.72. The molecule has 0 radical (unpaired) electrons. The van der Waals surface area contributed by atoms with E-state index in [0.29, 0.717) is 35.1 Å². The Balaban J connectivity index is 2.01. The summed E-state index contributed by atoms with van der Waals surface area (Å²) in [6, 6.07) is 11.7. The molecular formula is C19H16F3NO3. The summed E-state index contributed by atoms with van der Waals surface area (Å²) in [5.41, 5.74) is 0.581. The van der Waals surface area contributed by atoms with Crippen molar-refractivity contribution in [1.29, 1.82) is 0 Å². The van der Waals surface area contributed by atoms with Crippen molar-refractivity contribution in [2.75, 3.05) is 13.7 Å². The molecule has 0 spiro atoms. The second-order valence-corrected chi connectivity index (χ2v) is 5.70. The summed E-state index contributed by atoms with van der Waals surface area (Å²) >= 11 is 0. The van der Waals surface area contributed by atoms with Gasteiger partial charge < -0.3 is 9.57 Å². The lowest BCUT2D eigenvalue weighted by atomic mass is 10.1. The minimum atomic E-state index is -4.45. The zero-order valence-electron chi connectivity index (χ0n) is 13.9. The molecule has 0 saturated carbocycles. The van der Waals surface area contributed by atoms with Crippen LogP contribution in [0.4, 0.5) is 13.2 Å². The molecule has 0 aliphatic carbocycles. The lowest BCUT2D eigenvalue weighted by Crippen LogP contribution is -2.19. The summed E-state index contributed by atoms with van der Waals surface area (Å²) in [4.78, 5) is 17.6. The number of carbonyl (C=O) groups is 1. The number of benzene rings is 2. The maximum absolute atomic E-state index is 13.0. The van der Waals surface area contributed by atoms with E-state index in [-0.39, 0.29) is 0 Å². The van der Waals surface area contributed by atoms with E-state index in [9.17, 15) is 18.0 Å². The van der Waals surface area contributed by atoms with Gasteiger partial charge in [-0.2, -0.15) is 17.9 Å². The highest BCUT2D eigenvalue weighted by molar-refractivity contribution is 5.91. The van der Waals surface area contributed by atoms with Crippen molar-refractivity contribution in [3.05, 3.63) is 71.4 Å². The topological polar surface area (TPSA) is 40.5 Å². The molecule has 0 bridgehead atoms. The highest BCUT2D eigenvalue weighted by Crippen LogP contribution is 2.33. The fourth-order valence-corrected chi connectivity index (χ4v) is 2.65. The fourth-order valence-electron chi connectivity index (χ4n) is 2.65. The Morgan fingerprint density at radius 3 is 2.50 bits per heavy atom. The monoisotopic (exact) mass is 363 g/mol. The number of carbonyl (C=O) groups excluding carboxylic acids is 1. The van der Waals surface area contributed by atoms with Gasteiger partial charge in [0.1, 0.15) is 0 Å². The second kappa shape index (κ2) is 7.21. The van der Waals surface area contributed by atoms with E-state index in [4.69, 9.17) is 9.57 Å². The van der Waals surface area contributed by atoms with Gasteiger partial charge in [-0.3, -0.25) is 0 Å². The van der Waals surface area contributed by atoms with Crippen LogP contribution in [0.3, 0.4) is 0 Å². The summed E-state index contributed by atoms with van der Waals surface area (Å²) in [7, 11) is 1.51. The van der Waals surface area contributed by atoms with Crippen LogP contribution in [0.15, 0.2) is 54.7 Å². The van der Waals surface area contributed by atoms with Crippen molar-refractivity contribution >= 4 is 16.9 Å². The van der Waals surface area contributed by atoms with E-state index in [1.54, 1.807) is 30.3 Å². The van der Waals surface area contributed by atoms with E-state index in [1.807, 2.05) is 0 Å². The van der Waals surface area contributed by atoms with Crippen LogP contribution in [0, 0.1) is 0 Å². The third-order valence-corrected chi connectivity index (χ3v) is 3.95. The molecule has 0 N–H and O–H groups in total. The number of aromatic nitrogens is 1. The quantitative estimate of drug-likeness (QED) is 0.685. The molecule has 0 aliphatic heterocycles. The molecule has 0 unspecified atom stereocenters. The van der Waals surface area contributed by atoms with Crippen LogP contribution in [0.1, 0.15) is 21.5 Å². The Labute approximate surface area is 147 Å². The van der Waals surface area contributed by atoms with Gasteiger partial charge in [0, 0.05) is 18.7 Å². The molecule has 1 aromatic heterocycles. The van der Waals surface area contributed by atoms with E-state index >= 15 is 0 Å². The first-order valence-corrected chi connectivity index (χ1v) is 7.88. The molecular weight excluding hydrogens is 347 g/mol. The summed E-state index contributed by atoms with van der Waals surface area (Å²) in [6.07, 6.45) is -2.54. The average molecular weight is 363 g/mol. The maximum atomic E-state index is 13.0. The van der Waals surface area contributed by atoms with E-state index in [0.717, 1.165) is 12.1 Å². The number of hydrogen-bond acceptors (Lipinski definition) is 3. The minimum Gasteiger partial charge on any atom is -0.384 e. The lowest BCUT2D eigenvalue weighted by Gasteiger charge is -2.08. The largest absolute Gasteiger partial charge is 0.416 e. The summed E-state index contributed by atoms with van der Waals surface area (Å²) in [5, 5.41) is 0.373. The van der Waals surface area contributed by atoms with Gasteiger partial charge >= 0.3 is 12.1 Å². The van der Waals surface area contributed by atoms with Crippen molar-refractivity contribution in [2.24, 2.45) is 0 Å². The van der Waals surface area contributed by atoms with Gasteiger partial charge in [-0.1, -0.05) is 18.2 Å². The molecule has 0 aliphatic rings. The number of rotatable bonds is 5. The SMILES string of the molecule is COCCc1cn(OC(=O)c2ccccc2)c2ccc(C(F)(F)F)cc12. The minimum absolute atomic E-state index is 0.335. The molecule has 1 heterocycles. The van der Waals surface area contributed by atoms with E-state index in [1.165, 1.54) is 24.1 Å². The molecule has 4 nitrogen and oxygen atoms in total. The number of nitrogens with zero attached hydrogens (tertiary/aromatic N) is 1. The van der Waals surface area contributed by atoms with Crippen molar-refractivity contribution in [2.45, 2.75) is 12.6 Å². The Hall–Kier alpha value is -2.80. The Morgan fingerprint density at radius 1 is 1.12 bits per heavy atom. The van der Waals surface area contributed by atoms with Crippen LogP contribution >= 0.6 is 0 Å². The smallest absolute Gasteiger partial charge is 0.384 e. The Morgan fingerprint density at radius 2 is 1.85 bits per heavy atom. The van der Waals surface area contributed by atoms with Crippen LogP contribution in [0.2, 0.25) is 0 Å². The number of halogens is 3. The molecule has 0 fully saturated rings. The van der Waals surface area contributed by atoms with Crippen LogP contribution in [0.5, 0.6) is 0 Å². The lowest BCUT2D eigenvalue weighted by molar-refractivity contribution is -0.137. The van der Waals surface area contributed by atoms with E-state index in [2.05, 4.69) is 0 Å². The fraction of sp³-hybridized carbons (Fsp3) is 0.211. The maximum Gasteiger partial charge on any atom is 0.416 e. The summed E-state index contributed by atoms with van der Waals surface area (Å²) < 4.78 is 45.3. The normalized spacial score (nSPS) is 11.7. The van der Waals surface area contributed by atoms with Gasteiger partial charge in [0.05, 0.1) is 23.3 Å². The first-order chi connectivity index (χ1) is 12.4. The van der Waals surface area contributed by atoms with Gasteiger partial charge in [-0.05, 0) is 42.3 Å². The van der Waals surface area contributed by atoms with E-state index < -0.39 is 17.7 Å². The van der Waals surface area contributed by atoms with Crippen LogP contribution in [-0.2, 0) is 17.3 Å². The number of ether oxygens (including phenoxy) is 1. The molecule has 0 amide bonds. The van der Waals surface area contributed by atoms with Crippen LogP contribution in [-0.4, -0.2) is 24.4 Å². The first kappa shape index (κ1) is 18.0. The van der Waals surface area contributed by atoms with Crippen LogP contribution < -0.4 is 4.84 Å². The molecule has 3 rings (SSSR count).